The van der Waals surface area contributed by atoms with Crippen molar-refractivity contribution in [1.82, 2.24) is 9.80 Å². The zero-order valence-corrected chi connectivity index (χ0v) is 18.0. The number of hydrogen-bond acceptors (Lipinski definition) is 5. The molecule has 0 unspecified atom stereocenters. The van der Waals surface area contributed by atoms with E-state index in [0.717, 1.165) is 23.4 Å². The van der Waals surface area contributed by atoms with Crippen LogP contribution in [0.4, 0.5) is 0 Å². The van der Waals surface area contributed by atoms with Crippen LogP contribution in [0.25, 0.3) is 0 Å². The first-order valence-electron chi connectivity index (χ1n) is 8.30. The number of nitrogens with zero attached hydrogens (tertiary/aromatic N) is 2. The van der Waals surface area contributed by atoms with Crippen molar-refractivity contribution in [3.05, 3.63) is 50.1 Å². The second kappa shape index (κ2) is 7.80. The summed E-state index contributed by atoms with van der Waals surface area (Å²) < 4.78 is 24.9. The number of rotatable bonds is 4. The monoisotopic (exact) mass is 456 g/mol. The molecule has 1 aromatic heterocycles. The minimum absolute atomic E-state index is 0.103. The molecule has 26 heavy (non-hydrogen) atoms. The van der Waals surface area contributed by atoms with Crippen molar-refractivity contribution in [3.8, 4) is 0 Å². The van der Waals surface area contributed by atoms with Gasteiger partial charge in [0, 0.05) is 49.4 Å². The third kappa shape index (κ3) is 4.54. The molecular weight excluding hydrogens is 436 g/mol. The summed E-state index contributed by atoms with van der Waals surface area (Å²) in [5.41, 5.74) is 1.10. The lowest BCUT2D eigenvalue weighted by molar-refractivity contribution is 0.0629. The summed E-state index contributed by atoms with van der Waals surface area (Å²) in [4.78, 5) is 18.4. The smallest absolute Gasteiger partial charge is 0.253 e. The average molecular weight is 457 g/mol. The van der Waals surface area contributed by atoms with Gasteiger partial charge < -0.3 is 4.90 Å². The number of piperazine rings is 1. The van der Waals surface area contributed by atoms with Crippen LogP contribution in [-0.4, -0.2) is 56.6 Å². The van der Waals surface area contributed by atoms with Crippen molar-refractivity contribution in [2.75, 3.05) is 32.4 Å². The molecule has 5 nitrogen and oxygen atoms in total. The summed E-state index contributed by atoms with van der Waals surface area (Å²) in [7, 11) is -3.34. The molecular formula is C18H21BrN2O3S2. The van der Waals surface area contributed by atoms with E-state index in [1.54, 1.807) is 35.3 Å². The molecule has 8 heteroatoms. The predicted octanol–water partition coefficient (Wildman–Crippen LogP) is 3.18. The molecule has 0 N–H and O–H groups in total. The minimum atomic E-state index is -3.34. The highest BCUT2D eigenvalue weighted by atomic mass is 79.9. The lowest BCUT2D eigenvalue weighted by Crippen LogP contribution is -2.48. The number of carbonyl (C=O) groups is 1. The third-order valence-electron chi connectivity index (χ3n) is 4.50. The van der Waals surface area contributed by atoms with E-state index < -0.39 is 9.84 Å². The minimum Gasteiger partial charge on any atom is -0.336 e. The molecule has 0 atom stereocenters. The van der Waals surface area contributed by atoms with Crippen molar-refractivity contribution in [2.45, 2.75) is 18.4 Å². The van der Waals surface area contributed by atoms with Crippen LogP contribution in [0.2, 0.25) is 0 Å². The predicted molar refractivity (Wildman–Crippen MR) is 107 cm³/mol. The summed E-state index contributed by atoms with van der Waals surface area (Å²) in [5.74, 6) is -0.103. The lowest BCUT2D eigenvalue weighted by atomic mass is 10.1. The fraction of sp³-hybridized carbons (Fsp3) is 0.389. The van der Waals surface area contributed by atoms with Gasteiger partial charge in [-0.05, 0) is 52.7 Å². The Kier molecular flexibility index (Phi) is 5.86. The summed E-state index contributed by atoms with van der Waals surface area (Å²) in [6.45, 7) is 5.55. The molecule has 0 bridgehead atoms. The Hall–Kier alpha value is -1.22. The standard InChI is InChI=1S/C18H21BrN2O3S2/c1-13-3-4-14(11-16(13)26(2,23)24)18(22)21-9-7-20(8-10-21)12-15-5-6-17(19)25-15/h3-6,11H,7-10,12H2,1-2H3. The van der Waals surface area contributed by atoms with Crippen LogP contribution >= 0.6 is 27.3 Å². The number of amides is 1. The average Bonchev–Trinajstić information content (AvgIpc) is 2.99. The molecule has 2 heterocycles. The first kappa shape index (κ1) is 19.5. The van der Waals surface area contributed by atoms with Crippen LogP contribution in [0.1, 0.15) is 20.8 Å². The van der Waals surface area contributed by atoms with Crippen LogP contribution in [-0.2, 0) is 16.4 Å². The quantitative estimate of drug-likeness (QED) is 0.708. The van der Waals surface area contributed by atoms with Crippen molar-refractivity contribution >= 4 is 43.0 Å². The Balaban J connectivity index is 1.65. The number of halogens is 1. The second-order valence-electron chi connectivity index (χ2n) is 6.53. The van der Waals surface area contributed by atoms with Gasteiger partial charge in [-0.15, -0.1) is 11.3 Å². The molecule has 1 aromatic carbocycles. The number of benzene rings is 1. The second-order valence-corrected chi connectivity index (χ2v) is 11.1. The molecule has 1 amide bonds. The maximum Gasteiger partial charge on any atom is 0.253 e. The molecule has 0 saturated carbocycles. The zero-order valence-electron chi connectivity index (χ0n) is 14.7. The highest BCUT2D eigenvalue weighted by molar-refractivity contribution is 9.11. The molecule has 1 aliphatic rings. The van der Waals surface area contributed by atoms with Gasteiger partial charge in [-0.3, -0.25) is 9.69 Å². The van der Waals surface area contributed by atoms with Gasteiger partial charge in [0.2, 0.25) is 0 Å². The maximum atomic E-state index is 12.8. The summed E-state index contributed by atoms with van der Waals surface area (Å²) >= 11 is 5.21. The van der Waals surface area contributed by atoms with Crippen LogP contribution < -0.4 is 0 Å². The number of hydrogen-bond donors (Lipinski definition) is 0. The summed E-state index contributed by atoms with van der Waals surface area (Å²) in [6, 6.07) is 9.08. The van der Waals surface area contributed by atoms with E-state index in [4.69, 9.17) is 0 Å². The normalized spacial score (nSPS) is 16.0. The van der Waals surface area contributed by atoms with Crippen molar-refractivity contribution in [2.24, 2.45) is 0 Å². The summed E-state index contributed by atoms with van der Waals surface area (Å²) in [5, 5.41) is 0. The molecule has 1 saturated heterocycles. The number of carbonyl (C=O) groups excluding carboxylic acids is 1. The number of sulfone groups is 1. The van der Waals surface area contributed by atoms with Gasteiger partial charge in [-0.2, -0.15) is 0 Å². The van der Waals surface area contributed by atoms with Crippen LogP contribution in [0, 0.1) is 6.92 Å². The van der Waals surface area contributed by atoms with E-state index in [-0.39, 0.29) is 10.8 Å². The SMILES string of the molecule is Cc1ccc(C(=O)N2CCN(Cc3ccc(Br)s3)CC2)cc1S(C)(=O)=O. The Morgan fingerprint density at radius 2 is 1.85 bits per heavy atom. The van der Waals surface area contributed by atoms with Crippen LogP contribution in [0.15, 0.2) is 39.0 Å². The Morgan fingerprint density at radius 3 is 2.42 bits per heavy atom. The first-order valence-corrected chi connectivity index (χ1v) is 11.8. The Bertz CT molecular complexity index is 916. The fourth-order valence-corrected chi connectivity index (χ4v) is 5.60. The van der Waals surface area contributed by atoms with Gasteiger partial charge in [-0.1, -0.05) is 6.07 Å². The Labute approximate surface area is 166 Å². The van der Waals surface area contributed by atoms with Crippen LogP contribution in [0.3, 0.4) is 0 Å². The van der Waals surface area contributed by atoms with Crippen molar-refractivity contribution in [1.29, 1.82) is 0 Å². The van der Waals surface area contributed by atoms with E-state index in [9.17, 15) is 13.2 Å². The van der Waals surface area contributed by atoms with E-state index in [1.165, 1.54) is 17.2 Å². The van der Waals surface area contributed by atoms with E-state index in [2.05, 4.69) is 33.0 Å². The van der Waals surface area contributed by atoms with Crippen molar-refractivity contribution < 1.29 is 13.2 Å². The molecule has 140 valence electrons. The van der Waals surface area contributed by atoms with E-state index in [1.807, 2.05) is 0 Å². The van der Waals surface area contributed by atoms with Crippen LogP contribution in [0.5, 0.6) is 0 Å². The fourth-order valence-electron chi connectivity index (χ4n) is 3.08. The molecule has 1 fully saturated rings. The number of aryl methyl sites for hydroxylation is 1. The Morgan fingerprint density at radius 1 is 1.15 bits per heavy atom. The molecule has 0 radical (unpaired) electrons. The maximum absolute atomic E-state index is 12.8. The molecule has 0 aliphatic carbocycles. The lowest BCUT2D eigenvalue weighted by Gasteiger charge is -2.34. The van der Waals surface area contributed by atoms with Gasteiger partial charge >= 0.3 is 0 Å². The van der Waals surface area contributed by atoms with Gasteiger partial charge in [0.05, 0.1) is 8.68 Å². The molecule has 2 aromatic rings. The first-order chi connectivity index (χ1) is 12.2. The molecule has 3 rings (SSSR count). The largest absolute Gasteiger partial charge is 0.336 e. The van der Waals surface area contributed by atoms with Crippen molar-refractivity contribution in [3.63, 3.8) is 0 Å². The summed E-state index contributed by atoms with van der Waals surface area (Å²) in [6.07, 6.45) is 1.17. The molecule has 0 spiro atoms. The molecule has 1 aliphatic heterocycles. The number of thiophene rings is 1. The van der Waals surface area contributed by atoms with Gasteiger partial charge in [0.15, 0.2) is 9.84 Å². The highest BCUT2D eigenvalue weighted by Crippen LogP contribution is 2.24. The third-order valence-corrected chi connectivity index (χ3v) is 7.35. The highest BCUT2D eigenvalue weighted by Gasteiger charge is 2.23. The van der Waals surface area contributed by atoms with Gasteiger partial charge in [-0.25, -0.2) is 8.42 Å². The zero-order chi connectivity index (χ0) is 18.9. The van der Waals surface area contributed by atoms with Gasteiger partial charge in [0.25, 0.3) is 5.91 Å². The van der Waals surface area contributed by atoms with E-state index >= 15 is 0 Å². The topological polar surface area (TPSA) is 57.7 Å². The van der Waals surface area contributed by atoms with E-state index in [0.29, 0.717) is 24.2 Å². The van der Waals surface area contributed by atoms with Gasteiger partial charge in [0.1, 0.15) is 0 Å².